The van der Waals surface area contributed by atoms with Gasteiger partial charge in [0.2, 0.25) is 0 Å². The fourth-order valence-corrected chi connectivity index (χ4v) is 3.47. The van der Waals surface area contributed by atoms with Crippen LogP contribution in [0.25, 0.3) is 0 Å². The van der Waals surface area contributed by atoms with Crippen LogP contribution in [0.3, 0.4) is 0 Å². The molecular formula is C14H21F2N3O2. The number of nitrogens with one attached hydrogen (secondary N) is 1. The minimum absolute atomic E-state index is 0.169. The van der Waals surface area contributed by atoms with E-state index in [4.69, 9.17) is 0 Å². The molecule has 3 amide bonds. The van der Waals surface area contributed by atoms with Gasteiger partial charge in [0.15, 0.2) is 0 Å². The Balaban J connectivity index is 1.59. The van der Waals surface area contributed by atoms with E-state index in [9.17, 15) is 18.4 Å². The van der Waals surface area contributed by atoms with Gasteiger partial charge in [-0.3, -0.25) is 14.6 Å². The molecule has 0 radical (unpaired) electrons. The standard InChI is InChI=1S/C14H21F2N3O2/c15-11(16)9-18(10-3-4-10)7-8-19-12(20)14(17-13(19)21)5-1-2-6-14/h10-11H,1-9H2,(H,17,21). The summed E-state index contributed by atoms with van der Waals surface area (Å²) < 4.78 is 25.1. The first-order valence-electron chi connectivity index (χ1n) is 7.68. The SMILES string of the molecule is O=C1NC2(CCCC2)C(=O)N1CCN(CC(F)F)C1CC1. The molecule has 0 unspecified atom stereocenters. The lowest BCUT2D eigenvalue weighted by molar-refractivity contribution is -0.131. The normalized spacial score (nSPS) is 24.7. The molecule has 0 aromatic heterocycles. The van der Waals surface area contributed by atoms with E-state index < -0.39 is 12.0 Å². The first-order valence-corrected chi connectivity index (χ1v) is 7.68. The molecule has 2 saturated carbocycles. The highest BCUT2D eigenvalue weighted by molar-refractivity contribution is 6.07. The minimum atomic E-state index is -2.38. The highest BCUT2D eigenvalue weighted by Gasteiger charge is 2.52. The van der Waals surface area contributed by atoms with Gasteiger partial charge in [-0.25, -0.2) is 13.6 Å². The van der Waals surface area contributed by atoms with Crippen LogP contribution in [-0.4, -0.2) is 59.4 Å². The van der Waals surface area contributed by atoms with Crippen LogP contribution in [0, 0.1) is 0 Å². The van der Waals surface area contributed by atoms with Gasteiger partial charge in [-0.2, -0.15) is 0 Å². The van der Waals surface area contributed by atoms with E-state index in [1.54, 1.807) is 4.90 Å². The number of rotatable bonds is 6. The summed E-state index contributed by atoms with van der Waals surface area (Å²) in [5.41, 5.74) is -0.704. The molecule has 0 aromatic rings. The van der Waals surface area contributed by atoms with Crippen molar-refractivity contribution in [2.24, 2.45) is 0 Å². The largest absolute Gasteiger partial charge is 0.325 e. The summed E-state index contributed by atoms with van der Waals surface area (Å²) in [4.78, 5) is 27.3. The Kier molecular flexibility index (Phi) is 3.86. The molecule has 1 aliphatic heterocycles. The molecular weight excluding hydrogens is 280 g/mol. The average Bonchev–Trinajstić information content (AvgIpc) is 3.12. The summed E-state index contributed by atoms with van der Waals surface area (Å²) in [6.45, 7) is 0.263. The Morgan fingerprint density at radius 2 is 1.95 bits per heavy atom. The van der Waals surface area contributed by atoms with E-state index in [-0.39, 0.29) is 31.1 Å². The van der Waals surface area contributed by atoms with Gasteiger partial charge < -0.3 is 5.32 Å². The number of carbonyl (C=O) groups excluding carboxylic acids is 2. The van der Waals surface area contributed by atoms with Crippen molar-refractivity contribution in [3.63, 3.8) is 0 Å². The second-order valence-electron chi connectivity index (χ2n) is 6.29. The first kappa shape index (κ1) is 14.7. The van der Waals surface area contributed by atoms with Crippen LogP contribution in [0.4, 0.5) is 13.6 Å². The van der Waals surface area contributed by atoms with Crippen LogP contribution in [0.5, 0.6) is 0 Å². The van der Waals surface area contributed by atoms with Crippen LogP contribution in [0.15, 0.2) is 0 Å². The molecule has 2 aliphatic carbocycles. The maximum absolute atomic E-state index is 12.6. The summed E-state index contributed by atoms with van der Waals surface area (Å²) in [5.74, 6) is -0.169. The maximum Gasteiger partial charge on any atom is 0.325 e. The Hall–Kier alpha value is -1.24. The number of imide groups is 1. The van der Waals surface area contributed by atoms with Crippen LogP contribution in [0.1, 0.15) is 38.5 Å². The fourth-order valence-electron chi connectivity index (χ4n) is 3.47. The molecule has 7 heteroatoms. The highest BCUT2D eigenvalue weighted by Crippen LogP contribution is 2.35. The van der Waals surface area contributed by atoms with Gasteiger partial charge in [-0.15, -0.1) is 0 Å². The van der Waals surface area contributed by atoms with E-state index in [1.165, 1.54) is 4.90 Å². The van der Waals surface area contributed by atoms with Gasteiger partial charge in [0.25, 0.3) is 12.3 Å². The lowest BCUT2D eigenvalue weighted by atomic mass is 9.98. The third kappa shape index (κ3) is 2.88. The van der Waals surface area contributed by atoms with E-state index in [0.717, 1.165) is 25.7 Å². The van der Waals surface area contributed by atoms with Gasteiger partial charge in [0.05, 0.1) is 6.54 Å². The lowest BCUT2D eigenvalue weighted by Crippen LogP contribution is -2.45. The molecule has 3 aliphatic rings. The Morgan fingerprint density at radius 1 is 1.29 bits per heavy atom. The summed E-state index contributed by atoms with van der Waals surface area (Å²) in [7, 11) is 0. The van der Waals surface area contributed by atoms with Crippen LogP contribution >= 0.6 is 0 Å². The number of urea groups is 1. The molecule has 1 spiro atoms. The summed E-state index contributed by atoms with van der Waals surface area (Å²) in [6.07, 6.45) is 2.75. The molecule has 1 saturated heterocycles. The third-order valence-electron chi connectivity index (χ3n) is 4.75. The van der Waals surface area contributed by atoms with Crippen molar-refractivity contribution >= 4 is 11.9 Å². The van der Waals surface area contributed by atoms with Crippen LogP contribution < -0.4 is 5.32 Å². The van der Waals surface area contributed by atoms with E-state index in [0.29, 0.717) is 19.4 Å². The number of amides is 3. The molecule has 0 aromatic carbocycles. The molecule has 1 heterocycles. The number of nitrogens with zero attached hydrogens (tertiary/aromatic N) is 2. The minimum Gasteiger partial charge on any atom is -0.323 e. The summed E-state index contributed by atoms with van der Waals surface area (Å²) >= 11 is 0. The number of hydrogen-bond acceptors (Lipinski definition) is 3. The van der Waals surface area contributed by atoms with Crippen molar-refractivity contribution in [3.05, 3.63) is 0 Å². The number of alkyl halides is 2. The van der Waals surface area contributed by atoms with Crippen molar-refractivity contribution in [3.8, 4) is 0 Å². The van der Waals surface area contributed by atoms with Crippen molar-refractivity contribution < 1.29 is 18.4 Å². The van der Waals surface area contributed by atoms with Gasteiger partial charge in [-0.1, -0.05) is 12.8 Å². The first-order chi connectivity index (χ1) is 10.0. The molecule has 5 nitrogen and oxygen atoms in total. The Bertz CT molecular complexity index is 434. The molecule has 118 valence electrons. The summed E-state index contributed by atoms with van der Waals surface area (Å²) in [6, 6.07) is -0.171. The summed E-state index contributed by atoms with van der Waals surface area (Å²) in [5, 5.41) is 2.81. The van der Waals surface area contributed by atoms with E-state index in [2.05, 4.69) is 5.32 Å². The van der Waals surface area contributed by atoms with Crippen LogP contribution in [0.2, 0.25) is 0 Å². The zero-order chi connectivity index (χ0) is 15.0. The van der Waals surface area contributed by atoms with Crippen molar-refractivity contribution in [1.82, 2.24) is 15.1 Å². The average molecular weight is 301 g/mol. The zero-order valence-electron chi connectivity index (χ0n) is 12.0. The predicted molar refractivity (Wildman–Crippen MR) is 72.0 cm³/mol. The highest BCUT2D eigenvalue weighted by atomic mass is 19.3. The van der Waals surface area contributed by atoms with Crippen molar-refractivity contribution in [2.45, 2.75) is 56.5 Å². The second kappa shape index (κ2) is 5.51. The fraction of sp³-hybridized carbons (Fsp3) is 0.857. The number of hydrogen-bond donors (Lipinski definition) is 1. The molecule has 3 rings (SSSR count). The van der Waals surface area contributed by atoms with Gasteiger partial charge in [-0.05, 0) is 25.7 Å². The molecule has 21 heavy (non-hydrogen) atoms. The smallest absolute Gasteiger partial charge is 0.323 e. The van der Waals surface area contributed by atoms with Crippen molar-refractivity contribution in [2.75, 3.05) is 19.6 Å². The Morgan fingerprint density at radius 3 is 2.52 bits per heavy atom. The zero-order valence-corrected chi connectivity index (χ0v) is 12.0. The van der Waals surface area contributed by atoms with Gasteiger partial charge in [0.1, 0.15) is 5.54 Å². The lowest BCUT2D eigenvalue weighted by Gasteiger charge is -2.24. The Labute approximate surface area is 122 Å². The number of halogens is 2. The monoisotopic (exact) mass is 301 g/mol. The number of carbonyl (C=O) groups is 2. The molecule has 3 fully saturated rings. The molecule has 0 atom stereocenters. The predicted octanol–water partition coefficient (Wildman–Crippen LogP) is 1.58. The maximum atomic E-state index is 12.6. The van der Waals surface area contributed by atoms with Gasteiger partial charge >= 0.3 is 6.03 Å². The van der Waals surface area contributed by atoms with E-state index in [1.807, 2.05) is 0 Å². The topological polar surface area (TPSA) is 52.7 Å². The second-order valence-corrected chi connectivity index (χ2v) is 6.29. The van der Waals surface area contributed by atoms with Gasteiger partial charge in [0, 0.05) is 19.1 Å². The molecule has 1 N–H and O–H groups in total. The molecule has 0 bridgehead atoms. The quantitative estimate of drug-likeness (QED) is 0.758. The third-order valence-corrected chi connectivity index (χ3v) is 4.75. The van der Waals surface area contributed by atoms with Crippen molar-refractivity contribution in [1.29, 1.82) is 0 Å². The van der Waals surface area contributed by atoms with E-state index >= 15 is 0 Å². The van der Waals surface area contributed by atoms with Crippen LogP contribution in [-0.2, 0) is 4.79 Å².